The van der Waals surface area contributed by atoms with Gasteiger partial charge in [-0.2, -0.15) is 0 Å². The molecule has 32 heteroatoms. The van der Waals surface area contributed by atoms with Crippen LogP contribution in [0.2, 0.25) is 20.1 Å². The van der Waals surface area contributed by atoms with E-state index in [2.05, 4.69) is 31.9 Å². The third kappa shape index (κ3) is 35.4. The number of halogens is 4. The van der Waals surface area contributed by atoms with Crippen molar-refractivity contribution < 1.29 is 79.0 Å². The number of nitrogens with two attached hydrogens (primary N) is 2. The summed E-state index contributed by atoms with van der Waals surface area (Å²) in [6.45, 7) is 8.38. The molecule has 4 aromatic carbocycles. The van der Waals surface area contributed by atoms with E-state index in [9.17, 15) is 60.0 Å². The van der Waals surface area contributed by atoms with E-state index < -0.39 is 58.9 Å². The predicted octanol–water partition coefficient (Wildman–Crippen LogP) is 15.9. The van der Waals surface area contributed by atoms with Gasteiger partial charge in [-0.15, -0.1) is 0 Å². The third-order valence-electron chi connectivity index (χ3n) is 31.7. The van der Waals surface area contributed by atoms with Crippen LogP contribution in [0.1, 0.15) is 266 Å². The fourth-order valence-corrected chi connectivity index (χ4v) is 24.3. The molecule has 792 valence electrons. The van der Waals surface area contributed by atoms with E-state index in [0.29, 0.717) is 138 Å². The lowest BCUT2D eigenvalue weighted by Gasteiger charge is -2.43. The molecule has 140 heavy (non-hydrogen) atoms. The molecule has 4 saturated heterocycles. The average Bonchev–Trinajstić information content (AvgIpc) is 1.09. The molecule has 4 saturated carbocycles. The van der Waals surface area contributed by atoms with Gasteiger partial charge in [-0.05, 0) is 288 Å². The van der Waals surface area contributed by atoms with E-state index in [1.54, 1.807) is 38.2 Å². The molecule has 8 aliphatic rings. The molecule has 0 bridgehead atoms. The molecule has 8 amide bonds. The number of nitrogens with one attached hydrogen (secondary N) is 6. The quantitative estimate of drug-likeness (QED) is 0.0183. The van der Waals surface area contributed by atoms with Crippen LogP contribution in [0.3, 0.4) is 0 Å². The minimum absolute atomic E-state index is 0.106. The van der Waals surface area contributed by atoms with E-state index in [0.717, 1.165) is 228 Å². The van der Waals surface area contributed by atoms with Crippen molar-refractivity contribution in [3.8, 4) is 0 Å². The van der Waals surface area contributed by atoms with E-state index in [1.807, 2.05) is 121 Å². The molecule has 0 unspecified atom stereocenters. The van der Waals surface area contributed by atoms with Crippen molar-refractivity contribution >= 4 is 70.5 Å². The molecule has 28 nitrogen and oxygen atoms in total. The Morgan fingerprint density at radius 3 is 0.757 bits per heavy atom. The first-order valence-electron chi connectivity index (χ1n) is 53.1. The molecule has 4 aliphatic heterocycles. The zero-order valence-corrected chi connectivity index (χ0v) is 88.0. The molecule has 0 aromatic heterocycles. The number of piperidine rings is 4. The number of carbonyl (C=O) groups is 4. The highest BCUT2D eigenvalue weighted by Gasteiger charge is 2.48. The van der Waals surface area contributed by atoms with Crippen molar-refractivity contribution in [1.29, 1.82) is 0 Å². The number of amides is 8. The molecule has 12 rings (SSSR count). The average molecular weight is 2040 g/mol. The van der Waals surface area contributed by atoms with Gasteiger partial charge in [0.2, 0.25) is 0 Å². The van der Waals surface area contributed by atoms with E-state index in [-0.39, 0.29) is 96.6 Å². The molecule has 16 atom stereocenters. The van der Waals surface area contributed by atoms with Crippen molar-refractivity contribution in [2.24, 2.45) is 58.8 Å². The summed E-state index contributed by atoms with van der Waals surface area (Å²) in [5.74, 6) is 0.394. The first-order chi connectivity index (χ1) is 67.5. The van der Waals surface area contributed by atoms with Crippen LogP contribution in [0.5, 0.6) is 0 Å². The largest absolute Gasteiger partial charge is 0.391 e. The standard InChI is InChI=1S/4C27H44ClN3O4/c2*1-29-18-24(25(32)20-9-3-4-10-20)30-26(33)31-15-8-12-22(19-31)27(34,14-5-6-16-35-2)21-11-7-13-23(28)17-21;2*1-35-16-6-5-14-27(34,21-11-7-13-23(28)17-21)22-12-8-15-31(19-22)26(33)30-24(18-29)25(32)20-9-3-2-4-10-20/h2*7,11,13,17,20,22,24-25,29,32,34H,3-6,8-10,12,14-16,18-19H2,1-2H3,(H,30,33);2*7,11,13,17,20,22,24-25,32,34H,2-6,8-10,12,14-16,18-19,29H2,1H3,(H,30,33)/t22-,24-,25+,27-;22-,24-,25-,27-;22-,24-,25+,27-;22-,24-,25-,27-/m1111/s1. The number of benzene rings is 4. The number of ether oxygens (including phenoxy) is 4. The van der Waals surface area contributed by atoms with Gasteiger partial charge in [-0.1, -0.05) is 159 Å². The number of hydrogen-bond acceptors (Lipinski definition) is 20. The molecule has 4 aliphatic carbocycles. The SMILES string of the molecule is CNC[C@@H](NC(=O)N1CCC[C@@H]([C@@](O)(CCCCOC)c2cccc(Cl)c2)C1)[C@@H](O)C1CCCC1.CNC[C@@H](NC(=O)N1CCC[C@@H]([C@@](O)(CCCCOC)c2cccc(Cl)c2)C1)[C@H](O)C1CCCC1.COCCCC[C@@](O)(c1cccc(Cl)c1)[C@@H]1CCCN(C(=O)N[C@H](CN)[C@@H](O)C2CCCCC2)C1.COCCCC[C@@](O)(c1cccc(Cl)c1)[C@@H]1CCCN(C(=O)N[C@H](CN)[C@H](O)C2CCCCC2)C1. The minimum atomic E-state index is -1.09. The number of nitrogens with zero attached hydrogens (tertiary/aromatic N) is 4. The molecule has 18 N–H and O–H groups in total. The highest BCUT2D eigenvalue weighted by molar-refractivity contribution is 6.31. The number of unbranched alkanes of at least 4 members (excludes halogenated alkanes) is 4. The summed E-state index contributed by atoms with van der Waals surface area (Å²) in [4.78, 5) is 60.3. The van der Waals surface area contributed by atoms with Crippen molar-refractivity contribution in [2.45, 2.75) is 315 Å². The highest BCUT2D eigenvalue weighted by Crippen LogP contribution is 2.47. The predicted molar refractivity (Wildman–Crippen MR) is 558 cm³/mol. The Morgan fingerprint density at radius 1 is 0.336 bits per heavy atom. The third-order valence-corrected chi connectivity index (χ3v) is 32.7. The Kier molecular flexibility index (Phi) is 52.2. The van der Waals surface area contributed by atoms with Crippen LogP contribution >= 0.6 is 46.4 Å². The molecule has 4 aromatic rings. The fourth-order valence-electron chi connectivity index (χ4n) is 23.5. The first-order valence-corrected chi connectivity index (χ1v) is 54.6. The number of rotatable bonds is 46. The van der Waals surface area contributed by atoms with Crippen molar-refractivity contribution in [3.63, 3.8) is 0 Å². The summed E-state index contributed by atoms with van der Waals surface area (Å²) in [6, 6.07) is 27.4. The molecular weight excluding hydrogens is 1860 g/mol. The maximum Gasteiger partial charge on any atom is 0.317 e. The Balaban J connectivity index is 0.000000209. The van der Waals surface area contributed by atoms with Gasteiger partial charge in [0, 0.05) is 177 Å². The van der Waals surface area contributed by atoms with Crippen molar-refractivity contribution in [1.82, 2.24) is 51.5 Å². The second-order valence-electron chi connectivity index (χ2n) is 41.3. The number of carbonyl (C=O) groups excluding carboxylic acids is 4. The Labute approximate surface area is 856 Å². The van der Waals surface area contributed by atoms with Crippen LogP contribution in [-0.4, -0.2) is 281 Å². The van der Waals surface area contributed by atoms with E-state index >= 15 is 0 Å². The van der Waals surface area contributed by atoms with Crippen molar-refractivity contribution in [3.05, 3.63) is 139 Å². The Morgan fingerprint density at radius 2 is 0.550 bits per heavy atom. The number of hydrogen-bond donors (Lipinski definition) is 16. The number of urea groups is 4. The smallest absolute Gasteiger partial charge is 0.317 e. The first kappa shape index (κ1) is 118. The van der Waals surface area contributed by atoms with Gasteiger partial charge in [0.05, 0.1) is 71.0 Å². The van der Waals surface area contributed by atoms with Crippen LogP contribution in [0.15, 0.2) is 97.1 Å². The molecular formula is C108H176Cl4N12O16. The molecule has 4 heterocycles. The summed E-state index contributed by atoms with van der Waals surface area (Å²) in [5.41, 5.74) is 10.8. The molecule has 0 radical (unpaired) electrons. The lowest BCUT2D eigenvalue weighted by atomic mass is 9.74. The topological polar surface area (TPSA) is 404 Å². The number of likely N-dealkylation sites (N-methyl/N-ethyl adjacent to an activating group) is 2. The molecule has 0 spiro atoms. The van der Waals surface area contributed by atoms with Crippen molar-refractivity contribution in [2.75, 3.05) is 147 Å². The maximum absolute atomic E-state index is 13.3. The summed E-state index contributed by atoms with van der Waals surface area (Å²) in [6.07, 6.45) is 32.6. The van der Waals surface area contributed by atoms with Gasteiger partial charge in [0.15, 0.2) is 0 Å². The Bertz CT molecular complexity index is 3940. The lowest BCUT2D eigenvalue weighted by Crippen LogP contribution is -2.57. The fraction of sp³-hybridized carbons (Fsp3) is 0.741. The summed E-state index contributed by atoms with van der Waals surface area (Å²) in [7, 11) is 10.4. The van der Waals surface area contributed by atoms with Gasteiger partial charge in [-0.25, -0.2) is 19.2 Å². The number of aliphatic hydroxyl groups excluding tert-OH is 4. The second kappa shape index (κ2) is 61.9. The highest BCUT2D eigenvalue weighted by atomic mass is 35.5. The van der Waals surface area contributed by atoms with E-state index in [1.165, 1.54) is 12.8 Å². The summed E-state index contributed by atoms with van der Waals surface area (Å²) in [5, 5.41) is 113. The maximum atomic E-state index is 13.3. The van der Waals surface area contributed by atoms with E-state index in [4.69, 9.17) is 76.8 Å². The van der Waals surface area contributed by atoms with Crippen LogP contribution in [0.25, 0.3) is 0 Å². The van der Waals surface area contributed by atoms with Gasteiger partial charge in [-0.3, -0.25) is 0 Å². The van der Waals surface area contributed by atoms with Gasteiger partial charge in [0.25, 0.3) is 0 Å². The number of aliphatic hydroxyl groups is 8. The van der Waals surface area contributed by atoms with Crippen LogP contribution in [-0.2, 0) is 41.4 Å². The van der Waals surface area contributed by atoms with Crippen LogP contribution < -0.4 is 43.4 Å². The van der Waals surface area contributed by atoms with Gasteiger partial charge in [0.1, 0.15) is 0 Å². The zero-order valence-electron chi connectivity index (χ0n) is 85.0. The monoisotopic (exact) mass is 2040 g/mol. The lowest BCUT2D eigenvalue weighted by molar-refractivity contribution is -0.0569. The van der Waals surface area contributed by atoms with Gasteiger partial charge < -0.3 is 123 Å². The normalized spacial score (nSPS) is 22.7. The zero-order chi connectivity index (χ0) is 101. The summed E-state index contributed by atoms with van der Waals surface area (Å²) >= 11 is 25.1. The summed E-state index contributed by atoms with van der Waals surface area (Å²) < 4.78 is 20.8. The Hall–Kier alpha value is -5.52. The minimum Gasteiger partial charge on any atom is -0.391 e. The number of likely N-dealkylation sites (tertiary alicyclic amines) is 4. The second-order valence-corrected chi connectivity index (χ2v) is 43.1. The van der Waals surface area contributed by atoms with Gasteiger partial charge >= 0.3 is 24.1 Å². The van der Waals surface area contributed by atoms with Crippen LogP contribution in [0.4, 0.5) is 19.2 Å². The number of methoxy groups -OCH3 is 4. The van der Waals surface area contributed by atoms with Crippen LogP contribution in [0, 0.1) is 47.3 Å². The molecule has 8 fully saturated rings.